The van der Waals surface area contributed by atoms with Gasteiger partial charge in [-0.3, -0.25) is 4.79 Å². The molecule has 0 spiro atoms. The van der Waals surface area contributed by atoms with Crippen LogP contribution in [0.3, 0.4) is 0 Å². The van der Waals surface area contributed by atoms with Crippen LogP contribution >= 0.6 is 0 Å². The molecule has 106 valence electrons. The quantitative estimate of drug-likeness (QED) is 0.804. The van der Waals surface area contributed by atoms with Crippen molar-refractivity contribution in [1.82, 2.24) is 4.90 Å². The second-order valence-electron chi connectivity index (χ2n) is 4.96. The molecule has 0 saturated carbocycles. The molecule has 1 rings (SSSR count). The number of halogens is 3. The zero-order chi connectivity index (χ0) is 13.6. The summed E-state index contributed by atoms with van der Waals surface area (Å²) in [5.74, 6) is -0.482. The van der Waals surface area contributed by atoms with Gasteiger partial charge >= 0.3 is 12.1 Å². The van der Waals surface area contributed by atoms with Crippen LogP contribution in [0.25, 0.3) is 0 Å². The number of nitrogens with zero attached hydrogens (tertiary/aromatic N) is 1. The number of carboxylic acid groups (broad SMARTS) is 1. The first-order valence-corrected chi connectivity index (χ1v) is 6.38. The SMILES string of the molecule is O=C(O)CCC1CCCN(CCCC(F)(F)F)C1. The number of carboxylic acids is 1. The van der Waals surface area contributed by atoms with Crippen molar-refractivity contribution >= 4 is 5.97 Å². The van der Waals surface area contributed by atoms with Gasteiger partial charge in [0.25, 0.3) is 0 Å². The van der Waals surface area contributed by atoms with Crippen LogP contribution in [0.4, 0.5) is 13.2 Å². The van der Waals surface area contributed by atoms with Gasteiger partial charge in [-0.25, -0.2) is 0 Å². The summed E-state index contributed by atoms with van der Waals surface area (Å²) in [6.45, 7) is 2.04. The van der Waals surface area contributed by atoms with Crippen LogP contribution in [0.15, 0.2) is 0 Å². The summed E-state index contributed by atoms with van der Waals surface area (Å²) >= 11 is 0. The number of likely N-dealkylation sites (tertiary alicyclic amines) is 1. The minimum Gasteiger partial charge on any atom is -0.481 e. The van der Waals surface area contributed by atoms with Gasteiger partial charge < -0.3 is 10.0 Å². The van der Waals surface area contributed by atoms with Crippen molar-refractivity contribution in [1.29, 1.82) is 0 Å². The minimum atomic E-state index is -4.07. The number of carbonyl (C=O) groups is 1. The lowest BCUT2D eigenvalue weighted by Crippen LogP contribution is -2.36. The fourth-order valence-corrected chi connectivity index (χ4v) is 2.42. The van der Waals surface area contributed by atoms with Crippen molar-refractivity contribution in [2.45, 2.75) is 44.7 Å². The van der Waals surface area contributed by atoms with Gasteiger partial charge in [0.05, 0.1) is 0 Å². The molecule has 0 aromatic rings. The van der Waals surface area contributed by atoms with E-state index in [0.29, 0.717) is 18.9 Å². The Bertz CT molecular complexity index is 269. The average molecular weight is 267 g/mol. The molecule has 1 aliphatic heterocycles. The van der Waals surface area contributed by atoms with E-state index in [1.165, 1.54) is 0 Å². The van der Waals surface area contributed by atoms with E-state index in [-0.39, 0.29) is 12.8 Å². The van der Waals surface area contributed by atoms with Crippen molar-refractivity contribution < 1.29 is 23.1 Å². The number of rotatable bonds is 6. The van der Waals surface area contributed by atoms with Crippen LogP contribution in [0.2, 0.25) is 0 Å². The second kappa shape index (κ2) is 6.97. The highest BCUT2D eigenvalue weighted by Crippen LogP contribution is 2.24. The molecule has 0 amide bonds. The third-order valence-electron chi connectivity index (χ3n) is 3.30. The summed E-state index contributed by atoms with van der Waals surface area (Å²) in [4.78, 5) is 12.5. The fraction of sp³-hybridized carbons (Fsp3) is 0.917. The van der Waals surface area contributed by atoms with Crippen LogP contribution in [0, 0.1) is 5.92 Å². The first-order valence-electron chi connectivity index (χ1n) is 6.38. The zero-order valence-electron chi connectivity index (χ0n) is 10.4. The van der Waals surface area contributed by atoms with Gasteiger partial charge in [-0.15, -0.1) is 0 Å². The van der Waals surface area contributed by atoms with E-state index >= 15 is 0 Å². The van der Waals surface area contributed by atoms with E-state index in [2.05, 4.69) is 0 Å². The van der Waals surface area contributed by atoms with Crippen molar-refractivity contribution in [3.63, 3.8) is 0 Å². The summed E-state index contributed by atoms with van der Waals surface area (Å²) in [5, 5.41) is 8.60. The molecule has 1 heterocycles. The number of alkyl halides is 3. The highest BCUT2D eigenvalue weighted by molar-refractivity contribution is 5.66. The maximum absolute atomic E-state index is 12.0. The molecule has 1 N–H and O–H groups in total. The van der Waals surface area contributed by atoms with Gasteiger partial charge in [-0.2, -0.15) is 13.2 Å². The van der Waals surface area contributed by atoms with Crippen LogP contribution in [-0.4, -0.2) is 41.8 Å². The monoisotopic (exact) mass is 267 g/mol. The second-order valence-corrected chi connectivity index (χ2v) is 4.96. The standard InChI is InChI=1S/C12H20F3NO2/c13-12(14,15)6-2-8-16-7-1-3-10(9-16)4-5-11(17)18/h10H,1-9H2,(H,17,18). The van der Waals surface area contributed by atoms with E-state index in [9.17, 15) is 18.0 Å². The summed E-state index contributed by atoms with van der Waals surface area (Å²) in [5.41, 5.74) is 0. The Balaban J connectivity index is 2.20. The molecule has 0 aliphatic carbocycles. The Kier molecular flexibility index (Phi) is 5.91. The van der Waals surface area contributed by atoms with E-state index in [1.807, 2.05) is 4.90 Å². The third kappa shape index (κ3) is 6.83. The molecule has 1 aliphatic rings. The number of hydrogen-bond acceptors (Lipinski definition) is 2. The molecule has 1 fully saturated rings. The smallest absolute Gasteiger partial charge is 0.389 e. The lowest BCUT2D eigenvalue weighted by atomic mass is 9.93. The molecule has 0 bridgehead atoms. The highest BCUT2D eigenvalue weighted by Gasteiger charge is 2.27. The maximum atomic E-state index is 12.0. The minimum absolute atomic E-state index is 0.134. The van der Waals surface area contributed by atoms with E-state index in [4.69, 9.17) is 5.11 Å². The zero-order valence-corrected chi connectivity index (χ0v) is 10.4. The van der Waals surface area contributed by atoms with Gasteiger partial charge in [-0.05, 0) is 44.7 Å². The normalized spacial score (nSPS) is 22.1. The van der Waals surface area contributed by atoms with Crippen molar-refractivity contribution in [3.8, 4) is 0 Å². The van der Waals surface area contributed by atoms with Gasteiger partial charge in [0.1, 0.15) is 0 Å². The van der Waals surface area contributed by atoms with Crippen molar-refractivity contribution in [2.75, 3.05) is 19.6 Å². The lowest BCUT2D eigenvalue weighted by Gasteiger charge is -2.32. The Hall–Kier alpha value is -0.780. The Labute approximate surface area is 105 Å². The topological polar surface area (TPSA) is 40.5 Å². The fourth-order valence-electron chi connectivity index (χ4n) is 2.42. The van der Waals surface area contributed by atoms with Gasteiger partial charge in [-0.1, -0.05) is 0 Å². The van der Waals surface area contributed by atoms with Crippen molar-refractivity contribution in [2.24, 2.45) is 5.92 Å². The van der Waals surface area contributed by atoms with Gasteiger partial charge in [0, 0.05) is 19.4 Å². The molecule has 0 radical (unpaired) electrons. The van der Waals surface area contributed by atoms with Gasteiger partial charge in [0.2, 0.25) is 0 Å². The summed E-state index contributed by atoms with van der Waals surface area (Å²) in [7, 11) is 0. The first kappa shape index (κ1) is 15.3. The van der Waals surface area contributed by atoms with Crippen LogP contribution < -0.4 is 0 Å². The average Bonchev–Trinajstić information content (AvgIpc) is 2.25. The van der Waals surface area contributed by atoms with Crippen LogP contribution in [0.5, 0.6) is 0 Å². The number of hydrogen-bond donors (Lipinski definition) is 1. The van der Waals surface area contributed by atoms with E-state index in [1.54, 1.807) is 0 Å². The van der Waals surface area contributed by atoms with E-state index in [0.717, 1.165) is 25.9 Å². The predicted octanol–water partition coefficient (Wildman–Crippen LogP) is 2.91. The molecule has 6 heteroatoms. The molecule has 1 unspecified atom stereocenters. The molecule has 0 aromatic carbocycles. The summed E-state index contributed by atoms with van der Waals surface area (Å²) in [6.07, 6.45) is -1.94. The molecule has 3 nitrogen and oxygen atoms in total. The highest BCUT2D eigenvalue weighted by atomic mass is 19.4. The molecular weight excluding hydrogens is 247 g/mol. The number of aliphatic carboxylic acids is 1. The summed E-state index contributed by atoms with van der Waals surface area (Å²) in [6, 6.07) is 0. The largest absolute Gasteiger partial charge is 0.481 e. The Morgan fingerprint density at radius 1 is 1.39 bits per heavy atom. The third-order valence-corrected chi connectivity index (χ3v) is 3.30. The molecular formula is C12H20F3NO2. The van der Waals surface area contributed by atoms with Crippen molar-refractivity contribution in [3.05, 3.63) is 0 Å². The lowest BCUT2D eigenvalue weighted by molar-refractivity contribution is -0.138. The van der Waals surface area contributed by atoms with E-state index < -0.39 is 18.6 Å². The molecule has 18 heavy (non-hydrogen) atoms. The van der Waals surface area contributed by atoms with Crippen LogP contribution in [0.1, 0.15) is 38.5 Å². The number of piperidine rings is 1. The maximum Gasteiger partial charge on any atom is 0.389 e. The Morgan fingerprint density at radius 2 is 2.11 bits per heavy atom. The first-order chi connectivity index (χ1) is 8.37. The Morgan fingerprint density at radius 3 is 2.72 bits per heavy atom. The summed E-state index contributed by atoms with van der Waals surface area (Å²) < 4.78 is 36.0. The molecule has 0 aromatic heterocycles. The van der Waals surface area contributed by atoms with Gasteiger partial charge in [0.15, 0.2) is 0 Å². The predicted molar refractivity (Wildman–Crippen MR) is 61.3 cm³/mol. The molecule has 1 saturated heterocycles. The molecule has 1 atom stereocenters. The van der Waals surface area contributed by atoms with Crippen LogP contribution in [-0.2, 0) is 4.79 Å².